The summed E-state index contributed by atoms with van der Waals surface area (Å²) < 4.78 is 31.6. The zero-order valence-electron chi connectivity index (χ0n) is 13.1. The number of halogens is 2. The van der Waals surface area contributed by atoms with Gasteiger partial charge in [-0.25, -0.2) is 8.78 Å². The summed E-state index contributed by atoms with van der Waals surface area (Å²) in [5.41, 5.74) is 1.72. The van der Waals surface area contributed by atoms with E-state index in [0.29, 0.717) is 17.9 Å². The van der Waals surface area contributed by atoms with Crippen molar-refractivity contribution in [3.8, 4) is 0 Å². The summed E-state index contributed by atoms with van der Waals surface area (Å²) in [5.74, 6) is -1.19. The lowest BCUT2D eigenvalue weighted by molar-refractivity contribution is 0.400. The van der Waals surface area contributed by atoms with Crippen LogP contribution in [-0.4, -0.2) is 16.7 Å². The number of hydrogen-bond acceptors (Lipinski definition) is 4. The van der Waals surface area contributed by atoms with Crippen LogP contribution in [0.3, 0.4) is 0 Å². The quantitative estimate of drug-likeness (QED) is 0.747. The average molecular weight is 329 g/mol. The van der Waals surface area contributed by atoms with Gasteiger partial charge < -0.3 is 9.84 Å². The van der Waals surface area contributed by atoms with Crippen LogP contribution >= 0.6 is 0 Å². The second-order valence-corrected chi connectivity index (χ2v) is 5.62. The van der Waals surface area contributed by atoms with Gasteiger partial charge in [0.25, 0.3) is 0 Å². The Labute approximate surface area is 138 Å². The summed E-state index contributed by atoms with van der Waals surface area (Å²) in [4.78, 5) is 4.04. The second kappa shape index (κ2) is 7.31. The normalized spacial score (nSPS) is 13.6. The third-order valence-corrected chi connectivity index (χ3v) is 3.91. The first kappa shape index (κ1) is 16.3. The van der Waals surface area contributed by atoms with Gasteiger partial charge >= 0.3 is 0 Å². The van der Waals surface area contributed by atoms with Crippen molar-refractivity contribution in [1.82, 2.24) is 15.5 Å². The van der Waals surface area contributed by atoms with E-state index in [-0.39, 0.29) is 5.92 Å². The van der Waals surface area contributed by atoms with Crippen LogP contribution in [0.1, 0.15) is 35.8 Å². The van der Waals surface area contributed by atoms with Crippen LogP contribution in [0.2, 0.25) is 0 Å². The van der Waals surface area contributed by atoms with Gasteiger partial charge in [-0.1, -0.05) is 48.5 Å². The van der Waals surface area contributed by atoms with Crippen molar-refractivity contribution in [2.24, 2.45) is 0 Å². The molecule has 2 atom stereocenters. The van der Waals surface area contributed by atoms with Gasteiger partial charge in [-0.05, 0) is 29.2 Å². The molecule has 2 aromatic carbocycles. The van der Waals surface area contributed by atoms with E-state index in [9.17, 15) is 8.78 Å². The standard InChI is InChI=1S/C18H17F2N3O/c1-12(13-5-3-2-4-6-13)10-21-17(18-22-11-24-23-18)14-7-8-15(19)16(20)9-14/h2-9,11-12,17,21H,10H2,1H3/t12-,17+/m1/s1. The Morgan fingerprint density at radius 3 is 2.50 bits per heavy atom. The number of rotatable bonds is 6. The van der Waals surface area contributed by atoms with E-state index in [1.54, 1.807) is 0 Å². The number of hydrogen-bond donors (Lipinski definition) is 1. The molecule has 0 saturated heterocycles. The lowest BCUT2D eigenvalue weighted by Crippen LogP contribution is -2.27. The van der Waals surface area contributed by atoms with Crippen LogP contribution in [0.5, 0.6) is 0 Å². The van der Waals surface area contributed by atoms with Gasteiger partial charge in [-0.2, -0.15) is 4.98 Å². The van der Waals surface area contributed by atoms with Crippen molar-refractivity contribution in [3.05, 3.63) is 83.5 Å². The highest BCUT2D eigenvalue weighted by molar-refractivity contribution is 5.26. The maximum atomic E-state index is 13.6. The minimum absolute atomic E-state index is 0.228. The second-order valence-electron chi connectivity index (χ2n) is 5.62. The van der Waals surface area contributed by atoms with Crippen LogP contribution in [0.25, 0.3) is 0 Å². The Hall–Kier alpha value is -2.60. The summed E-state index contributed by atoms with van der Waals surface area (Å²) in [6, 6.07) is 13.3. The van der Waals surface area contributed by atoms with Gasteiger partial charge in [0.05, 0.1) is 6.04 Å². The maximum absolute atomic E-state index is 13.6. The SMILES string of the molecule is C[C@H](CN[C@@H](c1ccc(F)c(F)c1)c1ncon1)c1ccccc1. The molecule has 0 radical (unpaired) electrons. The average Bonchev–Trinajstić information content (AvgIpc) is 3.13. The Balaban J connectivity index is 1.80. The molecule has 0 aliphatic heterocycles. The lowest BCUT2D eigenvalue weighted by Gasteiger charge is -2.19. The predicted molar refractivity (Wildman–Crippen MR) is 85.4 cm³/mol. The number of aromatic nitrogens is 2. The van der Waals surface area contributed by atoms with Gasteiger partial charge in [-0.15, -0.1) is 0 Å². The molecule has 0 spiro atoms. The molecule has 0 saturated carbocycles. The van der Waals surface area contributed by atoms with E-state index in [4.69, 9.17) is 4.52 Å². The van der Waals surface area contributed by atoms with Crippen LogP contribution in [0, 0.1) is 11.6 Å². The molecule has 124 valence electrons. The van der Waals surface area contributed by atoms with Crippen molar-refractivity contribution in [2.45, 2.75) is 18.9 Å². The Morgan fingerprint density at radius 2 is 1.83 bits per heavy atom. The molecule has 0 bridgehead atoms. The molecule has 3 rings (SSSR count). The minimum atomic E-state index is -0.904. The molecule has 0 aliphatic rings. The predicted octanol–water partition coefficient (Wildman–Crippen LogP) is 3.83. The van der Waals surface area contributed by atoms with E-state index in [2.05, 4.69) is 22.4 Å². The van der Waals surface area contributed by atoms with Crippen molar-refractivity contribution in [3.63, 3.8) is 0 Å². The van der Waals surface area contributed by atoms with Gasteiger partial charge in [0.15, 0.2) is 17.5 Å². The Kier molecular flexibility index (Phi) is 4.96. The van der Waals surface area contributed by atoms with Crippen molar-refractivity contribution in [2.75, 3.05) is 6.54 Å². The number of nitrogens with one attached hydrogen (secondary N) is 1. The summed E-state index contributed by atoms with van der Waals surface area (Å²) in [6.45, 7) is 2.70. The van der Waals surface area contributed by atoms with Crippen LogP contribution in [-0.2, 0) is 0 Å². The van der Waals surface area contributed by atoms with E-state index >= 15 is 0 Å². The molecule has 0 amide bonds. The van der Waals surface area contributed by atoms with Gasteiger partial charge in [0.2, 0.25) is 6.39 Å². The Bertz CT molecular complexity index is 778. The lowest BCUT2D eigenvalue weighted by atomic mass is 9.99. The fourth-order valence-corrected chi connectivity index (χ4v) is 2.55. The molecule has 24 heavy (non-hydrogen) atoms. The van der Waals surface area contributed by atoms with Gasteiger partial charge in [0, 0.05) is 6.54 Å². The molecule has 1 heterocycles. The summed E-state index contributed by atoms with van der Waals surface area (Å²) >= 11 is 0. The summed E-state index contributed by atoms with van der Waals surface area (Å²) in [6.07, 6.45) is 1.21. The molecule has 0 fully saturated rings. The minimum Gasteiger partial charge on any atom is -0.343 e. The smallest absolute Gasteiger partial charge is 0.213 e. The molecular formula is C18H17F2N3O. The van der Waals surface area contributed by atoms with Crippen molar-refractivity contribution < 1.29 is 13.3 Å². The topological polar surface area (TPSA) is 51.0 Å². The largest absolute Gasteiger partial charge is 0.343 e. The molecule has 3 aromatic rings. The van der Waals surface area contributed by atoms with E-state index in [1.165, 1.54) is 18.0 Å². The molecular weight excluding hydrogens is 312 g/mol. The van der Waals surface area contributed by atoms with E-state index in [0.717, 1.165) is 12.1 Å². The first-order valence-corrected chi connectivity index (χ1v) is 7.64. The molecule has 1 aromatic heterocycles. The molecule has 1 N–H and O–H groups in total. The first-order chi connectivity index (χ1) is 11.6. The zero-order chi connectivity index (χ0) is 16.9. The fraction of sp³-hybridized carbons (Fsp3) is 0.222. The maximum Gasteiger partial charge on any atom is 0.213 e. The van der Waals surface area contributed by atoms with E-state index < -0.39 is 17.7 Å². The first-order valence-electron chi connectivity index (χ1n) is 7.64. The van der Waals surface area contributed by atoms with Gasteiger partial charge in [-0.3, -0.25) is 0 Å². The Morgan fingerprint density at radius 1 is 1.04 bits per heavy atom. The van der Waals surface area contributed by atoms with Crippen LogP contribution in [0.15, 0.2) is 59.4 Å². The molecule has 0 aliphatic carbocycles. The molecule has 4 nitrogen and oxygen atoms in total. The fourth-order valence-electron chi connectivity index (χ4n) is 2.55. The molecule has 6 heteroatoms. The summed E-state index contributed by atoms with van der Waals surface area (Å²) in [5, 5.41) is 7.14. The molecule has 0 unspecified atom stereocenters. The van der Waals surface area contributed by atoms with E-state index in [1.807, 2.05) is 30.3 Å². The third-order valence-electron chi connectivity index (χ3n) is 3.91. The van der Waals surface area contributed by atoms with Gasteiger partial charge in [0.1, 0.15) is 0 Å². The van der Waals surface area contributed by atoms with Crippen molar-refractivity contribution in [1.29, 1.82) is 0 Å². The monoisotopic (exact) mass is 329 g/mol. The number of nitrogens with zero attached hydrogens (tertiary/aromatic N) is 2. The van der Waals surface area contributed by atoms with Crippen LogP contribution < -0.4 is 5.32 Å². The van der Waals surface area contributed by atoms with Crippen molar-refractivity contribution >= 4 is 0 Å². The zero-order valence-corrected chi connectivity index (χ0v) is 13.1. The highest BCUT2D eigenvalue weighted by Gasteiger charge is 2.21. The highest BCUT2D eigenvalue weighted by atomic mass is 19.2. The number of benzene rings is 2. The summed E-state index contributed by atoms with van der Waals surface area (Å²) in [7, 11) is 0. The highest BCUT2D eigenvalue weighted by Crippen LogP contribution is 2.23. The van der Waals surface area contributed by atoms with Crippen LogP contribution in [0.4, 0.5) is 8.78 Å². The third kappa shape index (κ3) is 3.65.